The lowest BCUT2D eigenvalue weighted by Gasteiger charge is -2.29. The van der Waals surface area contributed by atoms with E-state index in [9.17, 15) is 14.7 Å². The van der Waals surface area contributed by atoms with E-state index in [1.807, 2.05) is 55.3 Å². The molecule has 1 aliphatic heterocycles. The predicted molar refractivity (Wildman–Crippen MR) is 219 cm³/mol. The molecule has 0 fully saturated rings. The molecule has 12 nitrogen and oxygen atoms in total. The van der Waals surface area contributed by atoms with Crippen molar-refractivity contribution in [3.8, 4) is 0 Å². The monoisotopic (exact) mass is 787 g/mol. The van der Waals surface area contributed by atoms with Gasteiger partial charge in [0.05, 0.1) is 34.3 Å². The highest BCUT2D eigenvalue weighted by atomic mass is 35.5. The second-order valence-corrected chi connectivity index (χ2v) is 18.0. The fraction of sp³-hybridized carbons (Fsp3) is 0.462. The lowest BCUT2D eigenvalue weighted by atomic mass is 9.87. The molecule has 0 bridgehead atoms. The normalized spacial score (nSPS) is 17.4. The summed E-state index contributed by atoms with van der Waals surface area (Å²) in [7, 11) is 9.26. The molecule has 1 aromatic carbocycles. The van der Waals surface area contributed by atoms with E-state index in [4.69, 9.17) is 11.6 Å². The van der Waals surface area contributed by atoms with E-state index in [2.05, 4.69) is 47.3 Å². The second-order valence-electron chi connectivity index (χ2n) is 15.4. The number of fused-ring (bicyclic) bond motifs is 7. The lowest BCUT2D eigenvalue weighted by Crippen LogP contribution is -2.36. The maximum atomic E-state index is 12.6. The Kier molecular flexibility index (Phi) is 10.7. The van der Waals surface area contributed by atoms with Crippen LogP contribution in [-0.4, -0.2) is 100 Å². The minimum atomic E-state index is -0.837. The number of nitrogens with zero attached hydrogens (tertiary/aromatic N) is 8. The average Bonchev–Trinajstić information content (AvgIpc) is 3.85. The molecule has 2 N–H and O–H groups in total. The Morgan fingerprint density at radius 1 is 0.870 bits per heavy atom. The first-order valence-electron chi connectivity index (χ1n) is 18.1. The number of hydrogen-bond acceptors (Lipinski definition) is 12. The fourth-order valence-corrected chi connectivity index (χ4v) is 10.6. The number of aromatic nitrogens is 4. The van der Waals surface area contributed by atoms with Crippen LogP contribution < -0.4 is 10.2 Å². The third-order valence-electron chi connectivity index (χ3n) is 10.3. The Bertz CT molecular complexity index is 2280. The van der Waals surface area contributed by atoms with Crippen LogP contribution in [0.5, 0.6) is 0 Å². The molecule has 5 heterocycles. The van der Waals surface area contributed by atoms with Crippen LogP contribution in [0.15, 0.2) is 29.8 Å². The molecule has 0 radical (unpaired) electrons. The molecule has 4 aromatic heterocycles. The summed E-state index contributed by atoms with van der Waals surface area (Å²) in [6.45, 7) is 4.78. The molecule has 8 rings (SSSR count). The molecule has 54 heavy (non-hydrogen) atoms. The van der Waals surface area contributed by atoms with Gasteiger partial charge in [-0.05, 0) is 86.8 Å². The molecular weight excluding hydrogens is 742 g/mol. The van der Waals surface area contributed by atoms with Crippen molar-refractivity contribution in [1.82, 2.24) is 29.7 Å². The number of amides is 2. The summed E-state index contributed by atoms with van der Waals surface area (Å²) in [5.74, 6) is 1.28. The van der Waals surface area contributed by atoms with Crippen LogP contribution >= 0.6 is 34.3 Å². The summed E-state index contributed by atoms with van der Waals surface area (Å²) >= 11 is 9.47. The van der Waals surface area contributed by atoms with Crippen molar-refractivity contribution in [3.05, 3.63) is 61.9 Å². The SMILES string of the molecule is CN(C)C(=O)[C@H]1CCc2c(sc3ncnc(Cl)c23)C1.CN(C)C(=O)[C@H]1CCc2c(sc3ncnc(Nc4cc5c(cc4N(C)CC(C)(C)O)CN=C5)c23)C1. The first-order chi connectivity index (χ1) is 25.7. The van der Waals surface area contributed by atoms with Crippen molar-refractivity contribution in [1.29, 1.82) is 0 Å². The van der Waals surface area contributed by atoms with Crippen LogP contribution in [0.4, 0.5) is 17.2 Å². The first kappa shape index (κ1) is 38.1. The molecular formula is C39H46ClN9O3S2. The molecule has 5 aromatic rings. The number of carbonyl (C=O) groups excluding carboxylic acids is 2. The van der Waals surface area contributed by atoms with Gasteiger partial charge in [-0.25, -0.2) is 19.9 Å². The summed E-state index contributed by atoms with van der Waals surface area (Å²) in [6.07, 6.45) is 9.98. The van der Waals surface area contributed by atoms with Crippen LogP contribution in [0.25, 0.3) is 20.4 Å². The average molecular weight is 788 g/mol. The Morgan fingerprint density at radius 2 is 1.44 bits per heavy atom. The van der Waals surface area contributed by atoms with Gasteiger partial charge in [0.15, 0.2) is 0 Å². The van der Waals surface area contributed by atoms with Crippen LogP contribution in [0, 0.1) is 11.8 Å². The minimum absolute atomic E-state index is 0.0213. The molecule has 0 saturated heterocycles. The third-order valence-corrected chi connectivity index (χ3v) is 12.9. The number of thiophene rings is 2. The number of benzene rings is 1. The van der Waals surface area contributed by atoms with Crippen molar-refractivity contribution >= 4 is 89.9 Å². The maximum absolute atomic E-state index is 12.6. The van der Waals surface area contributed by atoms with Crippen LogP contribution in [-0.2, 0) is 41.8 Å². The number of nitrogens with one attached hydrogen (secondary N) is 1. The standard InChI is InChI=1S/C26H32N6O2S.C13H14ClN3OS/c1-26(2,34)13-32(5)20-9-17-12-27-11-16(17)8-19(20)30-23-22-18-7-6-15(25(33)31(3)4)10-21(18)35-24(22)29-14-28-23;1-17(2)13(18)7-3-4-8-9(5-7)19-12-10(8)11(14)15-6-16-12/h8-9,11,14-15,34H,6-7,10,12-13H2,1-5H3,(H,28,29,30);6-7H,3-5H2,1-2H3/t15-;7-/m00/s1. The Hall–Kier alpha value is -4.24. The number of aryl methyl sites for hydroxylation is 2. The van der Waals surface area contributed by atoms with Crippen LogP contribution in [0.1, 0.15) is 58.7 Å². The van der Waals surface area contributed by atoms with Gasteiger partial charge in [0.1, 0.15) is 33.3 Å². The summed E-state index contributed by atoms with van der Waals surface area (Å²) in [4.78, 5) is 56.4. The highest BCUT2D eigenvalue weighted by molar-refractivity contribution is 7.19. The van der Waals surface area contributed by atoms with Gasteiger partial charge in [-0.2, -0.15) is 0 Å². The van der Waals surface area contributed by atoms with Crippen molar-refractivity contribution in [2.75, 3.05) is 52.0 Å². The second kappa shape index (κ2) is 15.1. The van der Waals surface area contributed by atoms with Gasteiger partial charge in [-0.1, -0.05) is 11.6 Å². The molecule has 0 saturated carbocycles. The molecule has 2 atom stereocenters. The zero-order chi connectivity index (χ0) is 38.5. The lowest BCUT2D eigenvalue weighted by molar-refractivity contribution is -0.134. The molecule has 2 amide bonds. The number of aliphatic hydroxyl groups is 1. The van der Waals surface area contributed by atoms with Crippen LogP contribution in [0.3, 0.4) is 0 Å². The van der Waals surface area contributed by atoms with E-state index >= 15 is 0 Å². The number of likely N-dealkylation sites (N-methyl/N-ethyl adjacent to an activating group) is 1. The molecule has 3 aliphatic rings. The van der Waals surface area contributed by atoms with Crippen LogP contribution in [0.2, 0.25) is 5.15 Å². The predicted octanol–water partition coefficient (Wildman–Crippen LogP) is 6.31. The molecule has 0 spiro atoms. The van der Waals surface area contributed by atoms with E-state index in [0.717, 1.165) is 81.7 Å². The molecule has 15 heteroatoms. The third kappa shape index (κ3) is 7.66. The Balaban J connectivity index is 0.000000199. The van der Waals surface area contributed by atoms with E-state index in [1.165, 1.54) is 32.8 Å². The number of anilines is 3. The first-order valence-corrected chi connectivity index (χ1v) is 20.1. The van der Waals surface area contributed by atoms with E-state index in [-0.39, 0.29) is 23.7 Å². The van der Waals surface area contributed by atoms with Crippen molar-refractivity contribution in [2.24, 2.45) is 16.8 Å². The zero-order valence-electron chi connectivity index (χ0n) is 31.7. The summed E-state index contributed by atoms with van der Waals surface area (Å²) in [5, 5.41) is 16.6. The largest absolute Gasteiger partial charge is 0.389 e. The van der Waals surface area contributed by atoms with Gasteiger partial charge in [0, 0.05) is 69.6 Å². The van der Waals surface area contributed by atoms with Gasteiger partial charge >= 0.3 is 0 Å². The smallest absolute Gasteiger partial charge is 0.225 e. The summed E-state index contributed by atoms with van der Waals surface area (Å²) in [5.41, 5.74) is 5.83. The quantitative estimate of drug-likeness (QED) is 0.182. The Labute approximate surface area is 328 Å². The number of carbonyl (C=O) groups is 2. The number of halogens is 1. The molecule has 0 unspecified atom stereocenters. The van der Waals surface area contributed by atoms with E-state index < -0.39 is 5.60 Å². The fourth-order valence-electron chi connectivity index (χ4n) is 7.79. The maximum Gasteiger partial charge on any atom is 0.225 e. The minimum Gasteiger partial charge on any atom is -0.389 e. The molecule has 284 valence electrons. The van der Waals surface area contributed by atoms with Crippen molar-refractivity contribution in [2.45, 2.75) is 64.5 Å². The summed E-state index contributed by atoms with van der Waals surface area (Å²) < 4.78 is 0. The Morgan fingerprint density at radius 3 is 2.04 bits per heavy atom. The number of hydrogen-bond donors (Lipinski definition) is 2. The summed E-state index contributed by atoms with van der Waals surface area (Å²) in [6, 6.07) is 4.26. The molecule has 2 aliphatic carbocycles. The highest BCUT2D eigenvalue weighted by Crippen LogP contribution is 2.43. The van der Waals surface area contributed by atoms with Crippen molar-refractivity contribution < 1.29 is 14.7 Å². The number of aliphatic imine (C=N–C) groups is 1. The van der Waals surface area contributed by atoms with E-state index in [1.54, 1.807) is 38.8 Å². The van der Waals surface area contributed by atoms with Gasteiger partial charge in [-0.15, -0.1) is 22.7 Å². The van der Waals surface area contributed by atoms with Gasteiger partial charge < -0.3 is 25.1 Å². The van der Waals surface area contributed by atoms with Crippen molar-refractivity contribution in [3.63, 3.8) is 0 Å². The highest BCUT2D eigenvalue weighted by Gasteiger charge is 2.31. The number of rotatable bonds is 7. The topological polar surface area (TPSA) is 140 Å². The zero-order valence-corrected chi connectivity index (χ0v) is 34.1. The van der Waals surface area contributed by atoms with Gasteiger partial charge in [0.2, 0.25) is 11.8 Å². The van der Waals surface area contributed by atoms with E-state index in [0.29, 0.717) is 18.2 Å². The van der Waals surface area contributed by atoms with Gasteiger partial charge in [0.25, 0.3) is 0 Å². The van der Waals surface area contributed by atoms with Gasteiger partial charge in [-0.3, -0.25) is 14.6 Å².